The number of nitrogens with one attached hydrogen (secondary N) is 2. The molecule has 0 saturated heterocycles. The highest BCUT2D eigenvalue weighted by atomic mass is 35.5. The van der Waals surface area contributed by atoms with Crippen LogP contribution in [0.4, 0.5) is 5.95 Å². The fourth-order valence-corrected chi connectivity index (χ4v) is 1.28. The average Bonchev–Trinajstić information content (AvgIpc) is 2.23. The predicted molar refractivity (Wildman–Crippen MR) is 67.8 cm³/mol. The third kappa shape index (κ3) is 5.13. The highest BCUT2D eigenvalue weighted by molar-refractivity contribution is 6.28. The molecule has 7 nitrogen and oxygen atoms in total. The lowest BCUT2D eigenvalue weighted by Gasteiger charge is -2.20. The lowest BCUT2D eigenvalue weighted by atomic mass is 10.1. The maximum atomic E-state index is 11.6. The number of hydrogen-bond donors (Lipinski definition) is 2. The molecular formula is C10H16ClN5O2. The van der Waals surface area contributed by atoms with Crippen LogP contribution in [-0.4, -0.2) is 40.1 Å². The number of hydrogen-bond acceptors (Lipinski definition) is 6. The van der Waals surface area contributed by atoms with Gasteiger partial charge in [0.1, 0.15) is 0 Å². The van der Waals surface area contributed by atoms with E-state index in [4.69, 9.17) is 16.3 Å². The van der Waals surface area contributed by atoms with Crippen molar-refractivity contribution in [1.29, 1.82) is 0 Å². The summed E-state index contributed by atoms with van der Waals surface area (Å²) < 4.78 is 4.84. The van der Waals surface area contributed by atoms with Crippen LogP contribution in [0.15, 0.2) is 0 Å². The Bertz CT molecular complexity index is 433. The van der Waals surface area contributed by atoms with E-state index in [1.165, 1.54) is 7.11 Å². The molecule has 0 bridgehead atoms. The van der Waals surface area contributed by atoms with Crippen molar-refractivity contribution in [2.45, 2.75) is 26.3 Å². The molecule has 0 spiro atoms. The van der Waals surface area contributed by atoms with Crippen LogP contribution < -0.4 is 15.4 Å². The maximum absolute atomic E-state index is 11.6. The van der Waals surface area contributed by atoms with Crippen LogP contribution in [0.2, 0.25) is 5.28 Å². The molecule has 0 unspecified atom stereocenters. The van der Waals surface area contributed by atoms with Gasteiger partial charge in [-0.3, -0.25) is 4.79 Å². The number of carbonyl (C=O) groups is 1. The van der Waals surface area contributed by atoms with Gasteiger partial charge >= 0.3 is 6.01 Å². The monoisotopic (exact) mass is 273 g/mol. The fraction of sp³-hybridized carbons (Fsp3) is 0.600. The van der Waals surface area contributed by atoms with Crippen molar-refractivity contribution in [1.82, 2.24) is 20.3 Å². The second-order valence-electron chi connectivity index (χ2n) is 4.57. The van der Waals surface area contributed by atoms with Crippen molar-refractivity contribution < 1.29 is 9.53 Å². The molecule has 1 aromatic heterocycles. The number of rotatable bonds is 4. The van der Waals surface area contributed by atoms with Crippen LogP contribution in [0.5, 0.6) is 6.01 Å². The predicted octanol–water partition coefficient (Wildman–Crippen LogP) is 0.860. The highest BCUT2D eigenvalue weighted by Crippen LogP contribution is 2.10. The summed E-state index contributed by atoms with van der Waals surface area (Å²) in [5, 5.41) is 5.54. The van der Waals surface area contributed by atoms with Gasteiger partial charge in [0.2, 0.25) is 17.1 Å². The Morgan fingerprint density at radius 1 is 1.33 bits per heavy atom. The molecule has 0 aromatic carbocycles. The zero-order valence-corrected chi connectivity index (χ0v) is 11.5. The summed E-state index contributed by atoms with van der Waals surface area (Å²) in [4.78, 5) is 23.0. The topological polar surface area (TPSA) is 89.0 Å². The summed E-state index contributed by atoms with van der Waals surface area (Å²) in [5.74, 6) is 0.0221. The van der Waals surface area contributed by atoms with E-state index in [9.17, 15) is 4.79 Å². The van der Waals surface area contributed by atoms with Gasteiger partial charge in [0.15, 0.2) is 0 Å². The minimum absolute atomic E-state index is 0.000537. The minimum Gasteiger partial charge on any atom is -0.467 e. The quantitative estimate of drug-likeness (QED) is 0.846. The lowest BCUT2D eigenvalue weighted by Crippen LogP contribution is -2.43. The van der Waals surface area contributed by atoms with Crippen LogP contribution in [0, 0.1) is 0 Å². The number of methoxy groups -OCH3 is 1. The minimum atomic E-state index is -0.285. The van der Waals surface area contributed by atoms with Crippen molar-refractivity contribution in [3.05, 3.63) is 5.28 Å². The molecule has 0 aliphatic rings. The SMILES string of the molecule is COc1nc(Cl)nc(NCC(=O)NC(C)(C)C)n1. The van der Waals surface area contributed by atoms with Crippen molar-refractivity contribution in [3.63, 3.8) is 0 Å². The molecular weight excluding hydrogens is 258 g/mol. The average molecular weight is 274 g/mol. The van der Waals surface area contributed by atoms with Gasteiger partial charge in [-0.25, -0.2) is 0 Å². The third-order valence-electron chi connectivity index (χ3n) is 1.69. The van der Waals surface area contributed by atoms with Crippen LogP contribution in [0.1, 0.15) is 20.8 Å². The largest absolute Gasteiger partial charge is 0.467 e. The molecule has 0 aliphatic carbocycles. The standard InChI is InChI=1S/C10H16ClN5O2/c1-10(2,3)16-6(17)5-12-8-13-7(11)14-9(15-8)18-4/h5H2,1-4H3,(H,16,17)(H,12,13,14,15). The van der Waals surface area contributed by atoms with Crippen LogP contribution in [0.25, 0.3) is 0 Å². The van der Waals surface area contributed by atoms with E-state index in [1.54, 1.807) is 0 Å². The first-order valence-corrected chi connectivity index (χ1v) is 5.68. The molecule has 1 aromatic rings. The number of ether oxygens (including phenoxy) is 1. The molecule has 100 valence electrons. The second kappa shape index (κ2) is 5.81. The Kier molecular flexibility index (Phi) is 4.66. The van der Waals surface area contributed by atoms with Gasteiger partial charge in [0.05, 0.1) is 13.7 Å². The number of amides is 1. The number of halogens is 1. The van der Waals surface area contributed by atoms with Crippen molar-refractivity contribution in [2.24, 2.45) is 0 Å². The van der Waals surface area contributed by atoms with E-state index in [0.717, 1.165) is 0 Å². The Labute approximate surface area is 110 Å². The van der Waals surface area contributed by atoms with E-state index in [1.807, 2.05) is 20.8 Å². The second-order valence-corrected chi connectivity index (χ2v) is 4.90. The van der Waals surface area contributed by atoms with Gasteiger partial charge in [-0.1, -0.05) is 0 Å². The summed E-state index contributed by atoms with van der Waals surface area (Å²) in [5.41, 5.74) is -0.285. The molecule has 0 radical (unpaired) electrons. The Morgan fingerprint density at radius 2 is 2.00 bits per heavy atom. The molecule has 18 heavy (non-hydrogen) atoms. The number of aromatic nitrogens is 3. The Hall–Kier alpha value is -1.63. The molecule has 8 heteroatoms. The van der Waals surface area contributed by atoms with Crippen molar-refractivity contribution >= 4 is 23.5 Å². The van der Waals surface area contributed by atoms with Gasteiger partial charge in [-0.15, -0.1) is 0 Å². The first-order valence-electron chi connectivity index (χ1n) is 5.30. The highest BCUT2D eigenvalue weighted by Gasteiger charge is 2.14. The van der Waals surface area contributed by atoms with Crippen LogP contribution >= 0.6 is 11.6 Å². The summed E-state index contributed by atoms with van der Waals surface area (Å²) in [6.07, 6.45) is 0. The van der Waals surface area contributed by atoms with Gasteiger partial charge in [0, 0.05) is 5.54 Å². The normalized spacial score (nSPS) is 10.9. The fourth-order valence-electron chi connectivity index (χ4n) is 1.12. The maximum Gasteiger partial charge on any atom is 0.322 e. The van der Waals surface area contributed by atoms with Gasteiger partial charge in [-0.2, -0.15) is 15.0 Å². The van der Waals surface area contributed by atoms with Crippen LogP contribution in [0.3, 0.4) is 0 Å². The van der Waals surface area contributed by atoms with E-state index in [2.05, 4.69) is 25.6 Å². The molecule has 0 saturated carbocycles. The van der Waals surface area contributed by atoms with Gasteiger partial charge in [-0.05, 0) is 32.4 Å². The van der Waals surface area contributed by atoms with Crippen LogP contribution in [-0.2, 0) is 4.79 Å². The molecule has 0 atom stereocenters. The zero-order chi connectivity index (χ0) is 13.8. The first kappa shape index (κ1) is 14.4. The van der Waals surface area contributed by atoms with E-state index >= 15 is 0 Å². The molecule has 1 heterocycles. The van der Waals surface area contributed by atoms with Crippen molar-refractivity contribution in [2.75, 3.05) is 19.0 Å². The molecule has 1 rings (SSSR count). The molecule has 2 N–H and O–H groups in total. The van der Waals surface area contributed by atoms with Gasteiger partial charge < -0.3 is 15.4 Å². The summed E-state index contributed by atoms with van der Waals surface area (Å²) in [6.45, 7) is 5.73. The zero-order valence-electron chi connectivity index (χ0n) is 10.7. The Balaban J connectivity index is 2.58. The molecule has 0 fully saturated rings. The summed E-state index contributed by atoms with van der Waals surface area (Å²) in [6, 6.07) is 0.0914. The van der Waals surface area contributed by atoms with E-state index in [-0.39, 0.29) is 35.2 Å². The third-order valence-corrected chi connectivity index (χ3v) is 1.86. The number of nitrogens with zero attached hydrogens (tertiary/aromatic N) is 3. The van der Waals surface area contributed by atoms with E-state index < -0.39 is 0 Å². The molecule has 0 aliphatic heterocycles. The molecule has 1 amide bonds. The van der Waals surface area contributed by atoms with Gasteiger partial charge in [0.25, 0.3) is 0 Å². The lowest BCUT2D eigenvalue weighted by molar-refractivity contribution is -0.120. The summed E-state index contributed by atoms with van der Waals surface area (Å²) in [7, 11) is 1.42. The smallest absolute Gasteiger partial charge is 0.322 e. The number of carbonyl (C=O) groups excluding carboxylic acids is 1. The number of anilines is 1. The van der Waals surface area contributed by atoms with E-state index in [0.29, 0.717) is 0 Å². The summed E-state index contributed by atoms with van der Waals surface area (Å²) >= 11 is 5.67. The first-order chi connectivity index (χ1) is 8.30. The van der Waals surface area contributed by atoms with Crippen molar-refractivity contribution in [3.8, 4) is 6.01 Å². The Morgan fingerprint density at radius 3 is 2.56 bits per heavy atom.